The molecule has 0 nitrogen and oxygen atoms in total. The van der Waals surface area contributed by atoms with Crippen LogP contribution in [0.25, 0.3) is 0 Å². The van der Waals surface area contributed by atoms with E-state index in [4.69, 9.17) is 7.85 Å². The molecule has 1 unspecified atom stereocenters. The van der Waals surface area contributed by atoms with Crippen LogP contribution in [-0.4, -0.2) is 16.7 Å². The summed E-state index contributed by atoms with van der Waals surface area (Å²) in [7, 11) is 5.87. The summed E-state index contributed by atoms with van der Waals surface area (Å²) in [4.78, 5) is 0. The second kappa shape index (κ2) is 3.64. The third kappa shape index (κ3) is 2.09. The summed E-state index contributed by atoms with van der Waals surface area (Å²) in [5.41, 5.74) is 2.69. The number of halogens is 1. The van der Waals surface area contributed by atoms with Crippen LogP contribution >= 0.6 is 19.8 Å². The Bertz CT molecular complexity index is 316. The zero-order valence-corrected chi connectivity index (χ0v) is 10.3. The second-order valence-electron chi connectivity index (χ2n) is 3.62. The van der Waals surface area contributed by atoms with Crippen LogP contribution in [-0.2, 0) is 0 Å². The van der Waals surface area contributed by atoms with E-state index < -0.39 is 19.8 Å². The summed E-state index contributed by atoms with van der Waals surface area (Å²) in [6, 6.07) is 6.91. The van der Waals surface area contributed by atoms with Crippen molar-refractivity contribution in [2.24, 2.45) is 0 Å². The second-order valence-corrected chi connectivity index (χ2v) is 9.63. The Morgan fingerprint density at radius 3 is 2.54 bits per heavy atom. The number of benzene rings is 1. The standard InChI is InChI=1S/C11H14BI/c1-8-7-10(13-5-6-13)3-4-11(8)9(2)12/h3-4,7,9H,5-6H2,1-2H3/q-1. The van der Waals surface area contributed by atoms with Crippen molar-refractivity contribution in [2.45, 2.75) is 19.7 Å². The summed E-state index contributed by atoms with van der Waals surface area (Å²) < 4.78 is 4.72. The molecule has 1 atom stereocenters. The number of aryl methyl sites for hydroxylation is 1. The maximum absolute atomic E-state index is 5.87. The van der Waals surface area contributed by atoms with Gasteiger partial charge in [-0.15, -0.1) is 0 Å². The van der Waals surface area contributed by atoms with Crippen molar-refractivity contribution in [1.82, 2.24) is 0 Å². The molecule has 0 spiro atoms. The van der Waals surface area contributed by atoms with E-state index in [1.54, 1.807) is 3.57 Å². The molecule has 1 aromatic rings. The Morgan fingerprint density at radius 2 is 2.08 bits per heavy atom. The summed E-state index contributed by atoms with van der Waals surface area (Å²) in [5, 5.41) is 0. The average Bonchev–Trinajstić information content (AvgIpc) is 2.85. The molecule has 0 amide bonds. The van der Waals surface area contributed by atoms with Gasteiger partial charge in [0.25, 0.3) is 0 Å². The predicted molar refractivity (Wildman–Crippen MR) is 67.8 cm³/mol. The Morgan fingerprint density at radius 1 is 1.38 bits per heavy atom. The molecule has 0 bridgehead atoms. The first kappa shape index (κ1) is 9.57. The maximum atomic E-state index is 5.87. The Labute approximate surface area is 88.9 Å². The SMILES string of the molecule is [B-]C(C)c1ccc(I2CC2)cc1C. The van der Waals surface area contributed by atoms with Crippen molar-refractivity contribution < 1.29 is 0 Å². The van der Waals surface area contributed by atoms with Gasteiger partial charge in [0.2, 0.25) is 0 Å². The molecule has 2 heteroatoms. The van der Waals surface area contributed by atoms with Gasteiger partial charge >= 0.3 is 89.1 Å². The molecule has 3 radical (unpaired) electrons. The van der Waals surface area contributed by atoms with E-state index in [-0.39, 0.29) is 5.82 Å². The molecular formula is C11H14BI-. The van der Waals surface area contributed by atoms with E-state index in [1.807, 2.05) is 0 Å². The fourth-order valence-electron chi connectivity index (χ4n) is 1.57. The minimum absolute atomic E-state index is 0.178. The van der Waals surface area contributed by atoms with Gasteiger partial charge in [-0.25, -0.2) is 0 Å². The van der Waals surface area contributed by atoms with Crippen LogP contribution in [0, 0.1) is 10.5 Å². The van der Waals surface area contributed by atoms with Crippen molar-refractivity contribution in [3.63, 3.8) is 0 Å². The van der Waals surface area contributed by atoms with E-state index in [9.17, 15) is 0 Å². The first-order chi connectivity index (χ1) is 6.18. The van der Waals surface area contributed by atoms with Crippen LogP contribution in [0.5, 0.6) is 0 Å². The molecule has 1 aliphatic rings. The quantitative estimate of drug-likeness (QED) is 0.445. The molecule has 1 aliphatic heterocycles. The van der Waals surface area contributed by atoms with Crippen molar-refractivity contribution in [1.29, 1.82) is 0 Å². The Balaban J connectivity index is 2.31. The zero-order chi connectivity index (χ0) is 9.42. The molecule has 1 saturated heterocycles. The van der Waals surface area contributed by atoms with Gasteiger partial charge in [-0.1, -0.05) is 0 Å². The first-order valence-corrected chi connectivity index (χ1v) is 8.79. The van der Waals surface area contributed by atoms with Gasteiger partial charge < -0.3 is 0 Å². The minimum atomic E-state index is -0.559. The normalized spacial score (nSPS) is 20.1. The molecule has 1 heterocycles. The van der Waals surface area contributed by atoms with Gasteiger partial charge in [0, 0.05) is 0 Å². The van der Waals surface area contributed by atoms with Gasteiger partial charge in [-0.3, -0.25) is 0 Å². The van der Waals surface area contributed by atoms with E-state index in [0.717, 1.165) is 0 Å². The topological polar surface area (TPSA) is 0 Å². The number of alkyl halides is 2. The third-order valence-electron chi connectivity index (χ3n) is 2.41. The third-order valence-corrected chi connectivity index (χ3v) is 7.00. The number of hydrogen-bond acceptors (Lipinski definition) is 0. The van der Waals surface area contributed by atoms with Crippen molar-refractivity contribution in [3.8, 4) is 0 Å². The summed E-state index contributed by atoms with van der Waals surface area (Å²) in [6.45, 7) is 4.24. The number of rotatable bonds is 2. The Kier molecular flexibility index (Phi) is 2.68. The Hall–Kier alpha value is 0.0149. The molecule has 0 aliphatic carbocycles. The molecule has 69 valence electrons. The van der Waals surface area contributed by atoms with Crippen LogP contribution in [0.2, 0.25) is 0 Å². The van der Waals surface area contributed by atoms with Crippen molar-refractivity contribution in [3.05, 3.63) is 32.9 Å². The predicted octanol–water partition coefficient (Wildman–Crippen LogP) is 2.91. The number of hydrogen-bond donors (Lipinski definition) is 0. The summed E-state index contributed by atoms with van der Waals surface area (Å²) >= 11 is -0.559. The van der Waals surface area contributed by atoms with Crippen molar-refractivity contribution >= 4 is 27.7 Å². The van der Waals surface area contributed by atoms with Crippen LogP contribution < -0.4 is 0 Å². The average molecular weight is 284 g/mol. The molecule has 1 aromatic carbocycles. The zero-order valence-electron chi connectivity index (χ0n) is 8.18. The molecule has 0 aromatic heterocycles. The van der Waals surface area contributed by atoms with E-state index in [0.29, 0.717) is 0 Å². The fraction of sp³-hybridized carbons (Fsp3) is 0.455. The van der Waals surface area contributed by atoms with Crippen LogP contribution in [0.4, 0.5) is 0 Å². The van der Waals surface area contributed by atoms with E-state index >= 15 is 0 Å². The van der Waals surface area contributed by atoms with Gasteiger partial charge in [-0.05, 0) is 0 Å². The molecule has 1 fully saturated rings. The molecule has 13 heavy (non-hydrogen) atoms. The van der Waals surface area contributed by atoms with Gasteiger partial charge in [0.05, 0.1) is 0 Å². The summed E-state index contributed by atoms with van der Waals surface area (Å²) in [6.07, 6.45) is 0. The molecule has 2 rings (SSSR count). The van der Waals surface area contributed by atoms with Gasteiger partial charge in [0.15, 0.2) is 0 Å². The van der Waals surface area contributed by atoms with Crippen LogP contribution in [0.1, 0.15) is 23.9 Å². The van der Waals surface area contributed by atoms with Crippen LogP contribution in [0.15, 0.2) is 18.2 Å². The first-order valence-electron chi connectivity index (χ1n) is 4.66. The molecule has 0 saturated carbocycles. The van der Waals surface area contributed by atoms with E-state index in [1.165, 1.54) is 20.0 Å². The summed E-state index contributed by atoms with van der Waals surface area (Å²) in [5.74, 6) is 0.178. The molecular weight excluding hydrogens is 270 g/mol. The van der Waals surface area contributed by atoms with Gasteiger partial charge in [0.1, 0.15) is 0 Å². The van der Waals surface area contributed by atoms with E-state index in [2.05, 4.69) is 32.0 Å². The fourth-order valence-corrected chi connectivity index (χ4v) is 5.98. The monoisotopic (exact) mass is 284 g/mol. The van der Waals surface area contributed by atoms with Gasteiger partial charge in [-0.2, -0.15) is 0 Å². The van der Waals surface area contributed by atoms with Crippen molar-refractivity contribution in [2.75, 3.05) is 8.86 Å². The van der Waals surface area contributed by atoms with Crippen LogP contribution in [0.3, 0.4) is 0 Å². The molecule has 0 N–H and O–H groups in total.